The molecule has 3 aromatic rings. The highest BCUT2D eigenvalue weighted by molar-refractivity contribution is 6.35. The van der Waals surface area contributed by atoms with E-state index in [4.69, 9.17) is 28.3 Å². The molecule has 2 atom stereocenters. The van der Waals surface area contributed by atoms with Crippen molar-refractivity contribution in [2.45, 2.75) is 38.5 Å². The predicted molar refractivity (Wildman–Crippen MR) is 121 cm³/mol. The van der Waals surface area contributed by atoms with E-state index in [0.717, 1.165) is 33.6 Å². The fourth-order valence-corrected chi connectivity index (χ4v) is 5.42. The van der Waals surface area contributed by atoms with Crippen LogP contribution in [0.15, 0.2) is 36.4 Å². The maximum absolute atomic E-state index is 12.1. The van der Waals surface area contributed by atoms with Crippen LogP contribution in [0.1, 0.15) is 40.9 Å². The van der Waals surface area contributed by atoms with Gasteiger partial charge in [0.15, 0.2) is 0 Å². The molecule has 162 valence electrons. The Morgan fingerprint density at radius 1 is 1.25 bits per heavy atom. The van der Waals surface area contributed by atoms with E-state index in [2.05, 4.69) is 6.07 Å². The highest BCUT2D eigenvalue weighted by Gasteiger charge is 2.38. The first-order chi connectivity index (χ1) is 15.4. The van der Waals surface area contributed by atoms with Crippen molar-refractivity contribution in [2.24, 2.45) is 0 Å². The molecule has 1 amide bonds. The lowest BCUT2D eigenvalue weighted by atomic mass is 9.99. The van der Waals surface area contributed by atoms with Crippen LogP contribution in [0.5, 0.6) is 0 Å². The standard InChI is InChI=1S/C24H20Cl2N4O2/c1-13(31)29-6-5-21-19(12-29)23(15-4-2-3-14(7-15)11-27)28-30(21)24-18-8-16(25)9-20(26)17(18)10-22(24)32/h2-4,7-9,22,24,32H,5-6,10,12H2,1H3/t22-,24?/m1/s1. The van der Waals surface area contributed by atoms with Crippen LogP contribution in [0.4, 0.5) is 0 Å². The molecule has 1 aliphatic carbocycles. The summed E-state index contributed by atoms with van der Waals surface area (Å²) in [6.07, 6.45) is 0.338. The third-order valence-corrected chi connectivity index (χ3v) is 6.91. The van der Waals surface area contributed by atoms with Gasteiger partial charge in [0.2, 0.25) is 5.91 Å². The lowest BCUT2D eigenvalue weighted by Crippen LogP contribution is -2.35. The van der Waals surface area contributed by atoms with Crippen molar-refractivity contribution in [1.29, 1.82) is 5.26 Å². The van der Waals surface area contributed by atoms with Crippen molar-refractivity contribution < 1.29 is 9.90 Å². The molecule has 0 saturated heterocycles. The molecule has 6 nitrogen and oxygen atoms in total. The minimum atomic E-state index is -0.700. The van der Waals surface area contributed by atoms with E-state index in [1.54, 1.807) is 30.0 Å². The van der Waals surface area contributed by atoms with Crippen molar-refractivity contribution in [1.82, 2.24) is 14.7 Å². The Morgan fingerprint density at radius 3 is 2.81 bits per heavy atom. The largest absolute Gasteiger partial charge is 0.390 e. The van der Waals surface area contributed by atoms with Crippen LogP contribution in [-0.2, 0) is 24.2 Å². The minimum Gasteiger partial charge on any atom is -0.390 e. The fraction of sp³-hybridized carbons (Fsp3) is 0.292. The molecule has 1 aromatic heterocycles. The number of halogens is 2. The number of hydrogen-bond acceptors (Lipinski definition) is 4. The number of aliphatic hydroxyl groups excluding tert-OH is 1. The van der Waals surface area contributed by atoms with Gasteiger partial charge in [0, 0.05) is 59.7 Å². The van der Waals surface area contributed by atoms with Gasteiger partial charge >= 0.3 is 0 Å². The van der Waals surface area contributed by atoms with Crippen LogP contribution >= 0.6 is 23.2 Å². The van der Waals surface area contributed by atoms with Gasteiger partial charge in [0.1, 0.15) is 6.04 Å². The number of aliphatic hydroxyl groups is 1. The normalized spacial score (nSPS) is 19.4. The van der Waals surface area contributed by atoms with Crippen LogP contribution in [0.25, 0.3) is 11.3 Å². The SMILES string of the molecule is CC(=O)N1CCc2c(c(-c3cccc(C#N)c3)nn2C2c3cc(Cl)cc(Cl)c3C[C@H]2O)C1. The highest BCUT2D eigenvalue weighted by atomic mass is 35.5. The summed E-state index contributed by atoms with van der Waals surface area (Å²) >= 11 is 12.7. The summed E-state index contributed by atoms with van der Waals surface area (Å²) in [5.74, 6) is 0.00457. The predicted octanol–water partition coefficient (Wildman–Crippen LogP) is 4.14. The summed E-state index contributed by atoms with van der Waals surface area (Å²) in [6, 6.07) is 12.6. The number of rotatable bonds is 2. The number of nitrogens with zero attached hydrogens (tertiary/aromatic N) is 4. The van der Waals surface area contributed by atoms with Crippen LogP contribution in [-0.4, -0.2) is 38.3 Å². The van der Waals surface area contributed by atoms with Gasteiger partial charge in [0.25, 0.3) is 0 Å². The van der Waals surface area contributed by atoms with E-state index in [1.807, 2.05) is 22.9 Å². The van der Waals surface area contributed by atoms with E-state index in [9.17, 15) is 15.2 Å². The zero-order valence-electron chi connectivity index (χ0n) is 17.3. The van der Waals surface area contributed by atoms with E-state index in [0.29, 0.717) is 41.5 Å². The molecule has 0 spiro atoms. The molecule has 1 aliphatic heterocycles. The summed E-state index contributed by atoms with van der Waals surface area (Å²) in [4.78, 5) is 13.9. The zero-order chi connectivity index (χ0) is 22.6. The second kappa shape index (κ2) is 7.93. The number of nitriles is 1. The van der Waals surface area contributed by atoms with Gasteiger partial charge in [-0.1, -0.05) is 35.3 Å². The molecule has 8 heteroatoms. The van der Waals surface area contributed by atoms with Crippen LogP contribution in [0.2, 0.25) is 10.0 Å². The molecule has 2 heterocycles. The third-order valence-electron chi connectivity index (χ3n) is 6.35. The number of aromatic nitrogens is 2. The molecule has 2 aromatic carbocycles. The molecule has 5 rings (SSSR count). The minimum absolute atomic E-state index is 0.00457. The average Bonchev–Trinajstić information content (AvgIpc) is 3.30. The number of carbonyl (C=O) groups is 1. The second-order valence-corrected chi connectivity index (χ2v) is 9.12. The van der Waals surface area contributed by atoms with Crippen LogP contribution in [0, 0.1) is 11.3 Å². The highest BCUT2D eigenvalue weighted by Crippen LogP contribution is 2.42. The second-order valence-electron chi connectivity index (χ2n) is 8.27. The van der Waals surface area contributed by atoms with Gasteiger partial charge in [-0.05, 0) is 35.4 Å². The molecule has 2 aliphatic rings. The number of hydrogen-bond donors (Lipinski definition) is 1. The topological polar surface area (TPSA) is 82.2 Å². The number of amides is 1. The van der Waals surface area contributed by atoms with Gasteiger partial charge in [-0.25, -0.2) is 0 Å². The van der Waals surface area contributed by atoms with Crippen molar-refractivity contribution in [2.75, 3.05) is 6.54 Å². The number of fused-ring (bicyclic) bond motifs is 2. The lowest BCUT2D eigenvalue weighted by molar-refractivity contribution is -0.129. The first kappa shape index (κ1) is 21.0. The summed E-state index contributed by atoms with van der Waals surface area (Å²) in [6.45, 7) is 2.58. The van der Waals surface area contributed by atoms with Crippen molar-refractivity contribution in [3.63, 3.8) is 0 Å². The van der Waals surface area contributed by atoms with Crippen molar-refractivity contribution >= 4 is 29.1 Å². The summed E-state index contributed by atoms with van der Waals surface area (Å²) in [5, 5.41) is 26.4. The molecule has 0 bridgehead atoms. The molecule has 32 heavy (non-hydrogen) atoms. The number of carbonyl (C=O) groups excluding carboxylic acids is 1. The Hall–Kier alpha value is -2.85. The fourth-order valence-electron chi connectivity index (χ4n) is 4.84. The molecular formula is C24H20Cl2N4O2. The van der Waals surface area contributed by atoms with E-state index >= 15 is 0 Å². The molecule has 1 N–H and O–H groups in total. The van der Waals surface area contributed by atoms with E-state index in [-0.39, 0.29) is 5.91 Å². The zero-order valence-corrected chi connectivity index (χ0v) is 18.9. The quantitative estimate of drug-likeness (QED) is 0.614. The average molecular weight is 467 g/mol. The molecule has 0 saturated carbocycles. The van der Waals surface area contributed by atoms with Gasteiger partial charge in [0.05, 0.1) is 23.4 Å². The van der Waals surface area contributed by atoms with Crippen LogP contribution < -0.4 is 0 Å². The molecule has 1 unspecified atom stereocenters. The van der Waals surface area contributed by atoms with Crippen molar-refractivity contribution in [3.05, 3.63) is 74.4 Å². The summed E-state index contributed by atoms with van der Waals surface area (Å²) < 4.78 is 1.88. The molecule has 0 fully saturated rings. The van der Waals surface area contributed by atoms with E-state index < -0.39 is 12.1 Å². The van der Waals surface area contributed by atoms with Crippen LogP contribution in [0.3, 0.4) is 0 Å². The Labute approximate surface area is 195 Å². The van der Waals surface area contributed by atoms with Gasteiger partial charge in [-0.3, -0.25) is 9.48 Å². The van der Waals surface area contributed by atoms with Gasteiger partial charge < -0.3 is 10.0 Å². The molecular weight excluding hydrogens is 447 g/mol. The van der Waals surface area contributed by atoms with Gasteiger partial charge in [-0.15, -0.1) is 0 Å². The first-order valence-corrected chi connectivity index (χ1v) is 11.1. The Kier molecular flexibility index (Phi) is 5.21. The monoisotopic (exact) mass is 466 g/mol. The first-order valence-electron chi connectivity index (χ1n) is 10.4. The summed E-state index contributed by atoms with van der Waals surface area (Å²) in [7, 11) is 0. The Morgan fingerprint density at radius 2 is 2.06 bits per heavy atom. The summed E-state index contributed by atoms with van der Waals surface area (Å²) in [5.41, 5.74) is 5.73. The van der Waals surface area contributed by atoms with E-state index in [1.165, 1.54) is 0 Å². The maximum atomic E-state index is 12.1. The van der Waals surface area contributed by atoms with Gasteiger partial charge in [-0.2, -0.15) is 10.4 Å². The lowest BCUT2D eigenvalue weighted by Gasteiger charge is -2.28. The molecule has 0 radical (unpaired) electrons. The Bertz CT molecular complexity index is 1290. The maximum Gasteiger partial charge on any atom is 0.219 e. The number of benzene rings is 2. The van der Waals surface area contributed by atoms with Crippen molar-refractivity contribution in [3.8, 4) is 17.3 Å². The Balaban J connectivity index is 1.70. The smallest absolute Gasteiger partial charge is 0.219 e. The third kappa shape index (κ3) is 3.38.